The van der Waals surface area contributed by atoms with Gasteiger partial charge >= 0.3 is 0 Å². The van der Waals surface area contributed by atoms with Crippen LogP contribution in [0.25, 0.3) is 11.3 Å². The fourth-order valence-corrected chi connectivity index (χ4v) is 1.84. The van der Waals surface area contributed by atoms with Gasteiger partial charge in [-0.1, -0.05) is 29.3 Å². The zero-order chi connectivity index (χ0) is 11.5. The number of nitrogens with one attached hydrogen (secondary N) is 2. The van der Waals surface area contributed by atoms with E-state index in [0.717, 1.165) is 23.4 Å². The number of rotatable bonds is 3. The highest BCUT2D eigenvalue weighted by Crippen LogP contribution is 2.28. The summed E-state index contributed by atoms with van der Waals surface area (Å²) in [4.78, 5) is 0. The third kappa shape index (κ3) is 2.21. The average Bonchev–Trinajstić information content (AvgIpc) is 2.71. The molecule has 0 aliphatic carbocycles. The summed E-state index contributed by atoms with van der Waals surface area (Å²) >= 11 is 11.9. The summed E-state index contributed by atoms with van der Waals surface area (Å²) in [5, 5.41) is 11.2. The molecule has 0 unspecified atom stereocenters. The molecule has 2 rings (SSSR count). The maximum Gasteiger partial charge on any atom is 0.0695 e. The van der Waals surface area contributed by atoms with Crippen molar-refractivity contribution in [2.75, 3.05) is 7.05 Å². The Labute approximate surface area is 104 Å². The highest BCUT2D eigenvalue weighted by molar-refractivity contribution is 6.42. The third-order valence-electron chi connectivity index (χ3n) is 2.29. The first-order valence-corrected chi connectivity index (χ1v) is 5.60. The molecule has 0 saturated carbocycles. The van der Waals surface area contributed by atoms with Crippen LogP contribution in [0.3, 0.4) is 0 Å². The molecule has 0 amide bonds. The van der Waals surface area contributed by atoms with E-state index < -0.39 is 0 Å². The van der Waals surface area contributed by atoms with Gasteiger partial charge in [0.15, 0.2) is 0 Å². The Morgan fingerprint density at radius 2 is 2.12 bits per heavy atom. The van der Waals surface area contributed by atoms with Gasteiger partial charge in [-0.15, -0.1) is 0 Å². The SMILES string of the molecule is CNCc1cn[nH]c1-c1ccc(Cl)c(Cl)c1. The molecule has 0 bridgehead atoms. The highest BCUT2D eigenvalue weighted by atomic mass is 35.5. The molecule has 0 aliphatic heterocycles. The highest BCUT2D eigenvalue weighted by Gasteiger charge is 2.08. The summed E-state index contributed by atoms with van der Waals surface area (Å²) in [5.74, 6) is 0. The van der Waals surface area contributed by atoms with E-state index in [1.165, 1.54) is 0 Å². The van der Waals surface area contributed by atoms with Crippen molar-refractivity contribution in [3.05, 3.63) is 40.0 Å². The van der Waals surface area contributed by atoms with Gasteiger partial charge in [-0.05, 0) is 19.2 Å². The number of benzene rings is 1. The topological polar surface area (TPSA) is 40.7 Å². The number of aromatic amines is 1. The van der Waals surface area contributed by atoms with Crippen molar-refractivity contribution in [2.24, 2.45) is 0 Å². The van der Waals surface area contributed by atoms with Crippen LogP contribution in [0.1, 0.15) is 5.56 Å². The molecule has 3 nitrogen and oxygen atoms in total. The maximum absolute atomic E-state index is 5.98. The molecule has 0 radical (unpaired) electrons. The van der Waals surface area contributed by atoms with Crippen LogP contribution in [0.5, 0.6) is 0 Å². The lowest BCUT2D eigenvalue weighted by Gasteiger charge is -2.04. The molecule has 1 heterocycles. The minimum Gasteiger partial charge on any atom is -0.316 e. The summed E-state index contributed by atoms with van der Waals surface area (Å²) in [5.41, 5.74) is 3.05. The van der Waals surface area contributed by atoms with Crippen LogP contribution in [-0.4, -0.2) is 17.2 Å². The molecule has 84 valence electrons. The first-order valence-electron chi connectivity index (χ1n) is 4.84. The molecule has 5 heteroatoms. The normalized spacial score (nSPS) is 10.7. The van der Waals surface area contributed by atoms with E-state index in [0.29, 0.717) is 10.0 Å². The monoisotopic (exact) mass is 255 g/mol. The predicted molar refractivity (Wildman–Crippen MR) is 66.8 cm³/mol. The first kappa shape index (κ1) is 11.5. The summed E-state index contributed by atoms with van der Waals surface area (Å²) in [6, 6.07) is 5.53. The summed E-state index contributed by atoms with van der Waals surface area (Å²) in [7, 11) is 1.89. The van der Waals surface area contributed by atoms with Crippen molar-refractivity contribution in [2.45, 2.75) is 6.54 Å². The average molecular weight is 256 g/mol. The second kappa shape index (κ2) is 4.87. The Balaban J connectivity index is 2.42. The minimum atomic E-state index is 0.546. The van der Waals surface area contributed by atoms with Crippen LogP contribution in [-0.2, 0) is 6.54 Å². The molecule has 2 N–H and O–H groups in total. The van der Waals surface area contributed by atoms with E-state index >= 15 is 0 Å². The second-order valence-electron chi connectivity index (χ2n) is 3.43. The van der Waals surface area contributed by atoms with Crippen LogP contribution >= 0.6 is 23.2 Å². The van der Waals surface area contributed by atoms with Crippen LogP contribution < -0.4 is 5.32 Å². The number of halogens is 2. The molecule has 16 heavy (non-hydrogen) atoms. The van der Waals surface area contributed by atoms with Gasteiger partial charge in [0.25, 0.3) is 0 Å². The Kier molecular flexibility index (Phi) is 3.49. The molecule has 1 aromatic carbocycles. The van der Waals surface area contributed by atoms with Gasteiger partial charge in [0.1, 0.15) is 0 Å². The number of H-pyrrole nitrogens is 1. The summed E-state index contributed by atoms with van der Waals surface area (Å²) in [6.45, 7) is 0.756. The molecule has 1 aromatic heterocycles. The minimum absolute atomic E-state index is 0.546. The van der Waals surface area contributed by atoms with Gasteiger partial charge in [-0.25, -0.2) is 0 Å². The Hall–Kier alpha value is -1.03. The van der Waals surface area contributed by atoms with E-state index in [2.05, 4.69) is 15.5 Å². The molecule has 0 aliphatic rings. The molecule has 0 fully saturated rings. The van der Waals surface area contributed by atoms with E-state index in [4.69, 9.17) is 23.2 Å². The molecule has 0 saturated heterocycles. The predicted octanol–water partition coefficient (Wildman–Crippen LogP) is 3.10. The third-order valence-corrected chi connectivity index (χ3v) is 3.03. The fraction of sp³-hybridized carbons (Fsp3) is 0.182. The molecule has 0 spiro atoms. The van der Waals surface area contributed by atoms with Gasteiger partial charge < -0.3 is 5.32 Å². The van der Waals surface area contributed by atoms with Crippen LogP contribution in [0.15, 0.2) is 24.4 Å². The number of aromatic nitrogens is 2. The number of hydrogen-bond acceptors (Lipinski definition) is 2. The molecule has 0 atom stereocenters. The van der Waals surface area contributed by atoms with E-state index in [-0.39, 0.29) is 0 Å². The van der Waals surface area contributed by atoms with E-state index in [1.807, 2.05) is 19.2 Å². The number of hydrogen-bond donors (Lipinski definition) is 2. The fourth-order valence-electron chi connectivity index (χ4n) is 1.54. The molecule has 2 aromatic rings. The molecular weight excluding hydrogens is 245 g/mol. The second-order valence-corrected chi connectivity index (χ2v) is 4.24. The Morgan fingerprint density at radius 3 is 2.81 bits per heavy atom. The lowest BCUT2D eigenvalue weighted by molar-refractivity contribution is 0.820. The van der Waals surface area contributed by atoms with E-state index in [9.17, 15) is 0 Å². The Morgan fingerprint density at radius 1 is 1.31 bits per heavy atom. The van der Waals surface area contributed by atoms with Crippen molar-refractivity contribution < 1.29 is 0 Å². The molecular formula is C11H11Cl2N3. The zero-order valence-corrected chi connectivity index (χ0v) is 10.2. The van der Waals surface area contributed by atoms with Crippen LogP contribution in [0, 0.1) is 0 Å². The van der Waals surface area contributed by atoms with Crippen molar-refractivity contribution >= 4 is 23.2 Å². The van der Waals surface area contributed by atoms with Gasteiger partial charge in [0, 0.05) is 17.7 Å². The zero-order valence-electron chi connectivity index (χ0n) is 8.72. The van der Waals surface area contributed by atoms with E-state index in [1.54, 1.807) is 12.3 Å². The van der Waals surface area contributed by atoms with Crippen molar-refractivity contribution in [1.82, 2.24) is 15.5 Å². The lowest BCUT2D eigenvalue weighted by atomic mass is 10.1. The van der Waals surface area contributed by atoms with Crippen molar-refractivity contribution in [3.8, 4) is 11.3 Å². The van der Waals surface area contributed by atoms with Crippen LogP contribution in [0.2, 0.25) is 10.0 Å². The Bertz CT molecular complexity index is 494. The quantitative estimate of drug-likeness (QED) is 0.885. The van der Waals surface area contributed by atoms with Gasteiger partial charge in [-0.3, -0.25) is 5.10 Å². The van der Waals surface area contributed by atoms with Gasteiger partial charge in [0.2, 0.25) is 0 Å². The first-order chi connectivity index (χ1) is 7.72. The smallest absolute Gasteiger partial charge is 0.0695 e. The lowest BCUT2D eigenvalue weighted by Crippen LogP contribution is -2.05. The van der Waals surface area contributed by atoms with Crippen molar-refractivity contribution in [3.63, 3.8) is 0 Å². The van der Waals surface area contributed by atoms with Crippen LogP contribution in [0.4, 0.5) is 0 Å². The maximum atomic E-state index is 5.98. The summed E-state index contributed by atoms with van der Waals surface area (Å²) < 4.78 is 0. The van der Waals surface area contributed by atoms with Gasteiger partial charge in [-0.2, -0.15) is 5.10 Å². The number of nitrogens with zero attached hydrogens (tertiary/aromatic N) is 1. The standard InChI is InChI=1S/C11H11Cl2N3/c1-14-5-8-6-15-16-11(8)7-2-3-9(12)10(13)4-7/h2-4,6,14H,5H2,1H3,(H,15,16). The largest absolute Gasteiger partial charge is 0.316 e. The summed E-state index contributed by atoms with van der Waals surface area (Å²) in [6.07, 6.45) is 1.80. The van der Waals surface area contributed by atoms with Gasteiger partial charge in [0.05, 0.1) is 21.9 Å². The van der Waals surface area contributed by atoms with Crippen molar-refractivity contribution in [1.29, 1.82) is 0 Å².